The molecule has 0 spiro atoms. The van der Waals surface area contributed by atoms with E-state index in [0.717, 1.165) is 19.4 Å². The van der Waals surface area contributed by atoms with E-state index in [1.807, 2.05) is 7.05 Å². The monoisotopic (exact) mass is 246 g/mol. The van der Waals surface area contributed by atoms with E-state index in [-0.39, 0.29) is 39.3 Å². The van der Waals surface area contributed by atoms with Crippen molar-refractivity contribution >= 4 is 0 Å². The Morgan fingerprint density at radius 1 is 1.50 bits per heavy atom. The Morgan fingerprint density at radius 2 is 2.08 bits per heavy atom. The van der Waals surface area contributed by atoms with Crippen LogP contribution in [0.3, 0.4) is 0 Å². The predicted molar refractivity (Wildman–Crippen MR) is 48.4 cm³/mol. The first-order chi connectivity index (χ1) is 5.20. The summed E-state index contributed by atoms with van der Waals surface area (Å²) in [6, 6.07) is 0. The van der Waals surface area contributed by atoms with Crippen molar-refractivity contribution in [3.63, 3.8) is 0 Å². The van der Waals surface area contributed by atoms with Crippen LogP contribution in [0.4, 0.5) is 0 Å². The molecule has 0 saturated carbocycles. The first-order valence-electron chi connectivity index (χ1n) is 4.19. The van der Waals surface area contributed by atoms with E-state index in [2.05, 4.69) is 24.9 Å². The van der Waals surface area contributed by atoms with Crippen molar-refractivity contribution < 1.29 is 37.8 Å². The normalized spacial score (nSPS) is 10.8. The van der Waals surface area contributed by atoms with Gasteiger partial charge in [-0.15, -0.1) is 0 Å². The molecule has 1 N–H and O–H groups in total. The standard InChI is InChI=1S/C9H19NO.Y/c1-4-9(2)8-10(3)6-5-7-11;/h8,11H,4-7H2,1-3H3;/b9-8+;. The molecule has 0 aromatic carbocycles. The van der Waals surface area contributed by atoms with Crippen LogP contribution in [0.2, 0.25) is 0 Å². The van der Waals surface area contributed by atoms with Crippen LogP contribution in [-0.4, -0.2) is 30.2 Å². The Morgan fingerprint density at radius 3 is 2.50 bits per heavy atom. The van der Waals surface area contributed by atoms with Gasteiger partial charge in [-0.1, -0.05) is 12.5 Å². The number of aliphatic hydroxyl groups excluding tert-OH is 1. The SMILES string of the molecule is CC/C(C)=C/N(C)CCCO.[Y]. The summed E-state index contributed by atoms with van der Waals surface area (Å²) in [5.41, 5.74) is 1.38. The molecule has 0 aromatic rings. The number of aliphatic hydroxyl groups is 1. The molecule has 0 saturated heterocycles. The fourth-order valence-electron chi connectivity index (χ4n) is 0.852. The summed E-state index contributed by atoms with van der Waals surface area (Å²) >= 11 is 0. The van der Waals surface area contributed by atoms with Crippen LogP contribution < -0.4 is 0 Å². The summed E-state index contributed by atoms with van der Waals surface area (Å²) in [5, 5.41) is 8.56. The largest absolute Gasteiger partial charge is 0.396 e. The zero-order chi connectivity index (χ0) is 8.69. The Hall–Kier alpha value is 0.604. The van der Waals surface area contributed by atoms with Gasteiger partial charge in [-0.25, -0.2) is 0 Å². The van der Waals surface area contributed by atoms with Crippen molar-refractivity contribution in [1.82, 2.24) is 4.90 Å². The molecular weight excluding hydrogens is 227 g/mol. The fourth-order valence-corrected chi connectivity index (χ4v) is 0.852. The first kappa shape index (κ1) is 15.1. The molecule has 1 radical (unpaired) electrons. The Labute approximate surface area is 101 Å². The summed E-state index contributed by atoms with van der Waals surface area (Å²) in [7, 11) is 2.04. The fraction of sp³-hybridized carbons (Fsp3) is 0.778. The zero-order valence-electron chi connectivity index (χ0n) is 8.38. The zero-order valence-corrected chi connectivity index (χ0v) is 11.2. The topological polar surface area (TPSA) is 23.5 Å². The van der Waals surface area contributed by atoms with Gasteiger partial charge in [-0.3, -0.25) is 0 Å². The number of hydrogen-bond donors (Lipinski definition) is 1. The molecule has 0 heterocycles. The van der Waals surface area contributed by atoms with Crippen LogP contribution in [0.15, 0.2) is 11.8 Å². The molecule has 0 rings (SSSR count). The Bertz CT molecular complexity index is 126. The summed E-state index contributed by atoms with van der Waals surface area (Å²) < 4.78 is 0. The number of nitrogens with zero attached hydrogens (tertiary/aromatic N) is 1. The molecule has 0 aliphatic rings. The van der Waals surface area contributed by atoms with Crippen LogP contribution >= 0.6 is 0 Å². The molecule has 69 valence electrons. The van der Waals surface area contributed by atoms with Gasteiger partial charge in [0.15, 0.2) is 0 Å². The van der Waals surface area contributed by atoms with Crippen LogP contribution in [0, 0.1) is 0 Å². The number of rotatable bonds is 5. The Balaban J connectivity index is 0. The molecule has 0 fully saturated rings. The molecule has 3 heteroatoms. The summed E-state index contributed by atoms with van der Waals surface area (Å²) in [6.45, 7) is 5.48. The van der Waals surface area contributed by atoms with Gasteiger partial charge >= 0.3 is 0 Å². The van der Waals surface area contributed by atoms with E-state index in [4.69, 9.17) is 5.11 Å². The second kappa shape index (κ2) is 9.69. The maximum absolute atomic E-state index is 8.56. The van der Waals surface area contributed by atoms with Crippen LogP contribution in [0.5, 0.6) is 0 Å². The van der Waals surface area contributed by atoms with Crippen molar-refractivity contribution in [3.05, 3.63) is 11.8 Å². The van der Waals surface area contributed by atoms with Crippen LogP contribution in [0.1, 0.15) is 26.7 Å². The van der Waals surface area contributed by atoms with Gasteiger partial charge in [0.1, 0.15) is 0 Å². The van der Waals surface area contributed by atoms with Crippen molar-refractivity contribution in [1.29, 1.82) is 0 Å². The third-order valence-electron chi connectivity index (χ3n) is 1.67. The Kier molecular flexibility index (Phi) is 12.2. The summed E-state index contributed by atoms with van der Waals surface area (Å²) in [4.78, 5) is 2.12. The van der Waals surface area contributed by atoms with E-state index in [9.17, 15) is 0 Å². The van der Waals surface area contributed by atoms with Crippen molar-refractivity contribution in [2.45, 2.75) is 26.7 Å². The van der Waals surface area contributed by atoms with E-state index >= 15 is 0 Å². The smallest absolute Gasteiger partial charge is 0.0447 e. The second-order valence-corrected chi connectivity index (χ2v) is 2.89. The molecule has 0 aromatic heterocycles. The third kappa shape index (κ3) is 8.70. The van der Waals surface area contributed by atoms with Gasteiger partial charge in [0, 0.05) is 52.9 Å². The maximum atomic E-state index is 8.56. The molecule has 0 amide bonds. The minimum atomic E-state index is 0. The molecule has 2 nitrogen and oxygen atoms in total. The van der Waals surface area contributed by atoms with Crippen LogP contribution in [0.25, 0.3) is 0 Å². The van der Waals surface area contributed by atoms with Crippen LogP contribution in [-0.2, 0) is 32.7 Å². The van der Waals surface area contributed by atoms with Crippen molar-refractivity contribution in [2.24, 2.45) is 0 Å². The van der Waals surface area contributed by atoms with Crippen molar-refractivity contribution in [3.8, 4) is 0 Å². The molecular formula is C9H19NOY. The van der Waals surface area contributed by atoms with Gasteiger partial charge in [0.05, 0.1) is 0 Å². The molecule has 0 aliphatic heterocycles. The van der Waals surface area contributed by atoms with E-state index in [1.54, 1.807) is 0 Å². The predicted octanol–water partition coefficient (Wildman–Crippen LogP) is 1.61. The molecule has 0 aliphatic carbocycles. The minimum absolute atomic E-state index is 0. The third-order valence-corrected chi connectivity index (χ3v) is 1.67. The van der Waals surface area contributed by atoms with Gasteiger partial charge in [-0.2, -0.15) is 0 Å². The van der Waals surface area contributed by atoms with Gasteiger partial charge in [0.25, 0.3) is 0 Å². The summed E-state index contributed by atoms with van der Waals surface area (Å²) in [5.74, 6) is 0. The quantitative estimate of drug-likeness (QED) is 0.796. The van der Waals surface area contributed by atoms with Gasteiger partial charge in [-0.05, 0) is 26.0 Å². The molecule has 0 bridgehead atoms. The van der Waals surface area contributed by atoms with Gasteiger partial charge in [0.2, 0.25) is 0 Å². The second-order valence-electron chi connectivity index (χ2n) is 2.89. The average molecular weight is 246 g/mol. The van der Waals surface area contributed by atoms with E-state index in [1.165, 1.54) is 5.57 Å². The minimum Gasteiger partial charge on any atom is -0.396 e. The number of allylic oxidation sites excluding steroid dienone is 1. The van der Waals surface area contributed by atoms with E-state index in [0.29, 0.717) is 0 Å². The van der Waals surface area contributed by atoms with Gasteiger partial charge < -0.3 is 10.0 Å². The van der Waals surface area contributed by atoms with Crippen molar-refractivity contribution in [2.75, 3.05) is 20.2 Å². The van der Waals surface area contributed by atoms with E-state index < -0.39 is 0 Å². The molecule has 0 unspecified atom stereocenters. The average Bonchev–Trinajstić information content (AvgIpc) is 2.00. The maximum Gasteiger partial charge on any atom is 0.0447 e. The summed E-state index contributed by atoms with van der Waals surface area (Å²) in [6.07, 6.45) is 4.09. The molecule has 12 heavy (non-hydrogen) atoms. The first-order valence-corrected chi connectivity index (χ1v) is 4.19. The molecule has 0 atom stereocenters. The number of hydrogen-bond acceptors (Lipinski definition) is 2.